The Morgan fingerprint density at radius 2 is 1.89 bits per heavy atom. The van der Waals surface area contributed by atoms with Crippen LogP contribution in [0.1, 0.15) is 25.3 Å². The zero-order valence-electron chi connectivity index (χ0n) is 16.4. The number of likely N-dealkylation sites (tertiary alicyclic amines) is 1. The van der Waals surface area contributed by atoms with Crippen LogP contribution in [0, 0.1) is 5.92 Å². The molecule has 7 nitrogen and oxygen atoms in total. The van der Waals surface area contributed by atoms with Crippen LogP contribution in [0.4, 0.5) is 0 Å². The normalized spacial score (nSPS) is 15.3. The molecular formula is C21H29N5O2. The van der Waals surface area contributed by atoms with Crippen molar-refractivity contribution < 1.29 is 9.59 Å². The van der Waals surface area contributed by atoms with Crippen LogP contribution in [0.15, 0.2) is 42.7 Å². The first-order chi connectivity index (χ1) is 13.7. The zero-order valence-corrected chi connectivity index (χ0v) is 16.4. The molecule has 0 aliphatic carbocycles. The van der Waals surface area contributed by atoms with Crippen LogP contribution in [0.2, 0.25) is 0 Å². The fourth-order valence-corrected chi connectivity index (χ4v) is 3.49. The van der Waals surface area contributed by atoms with E-state index < -0.39 is 0 Å². The highest BCUT2D eigenvalue weighted by atomic mass is 16.2. The molecule has 28 heavy (non-hydrogen) atoms. The minimum atomic E-state index is 0.0342. The smallest absolute Gasteiger partial charge is 0.234 e. The van der Waals surface area contributed by atoms with Crippen LogP contribution in [0.3, 0.4) is 0 Å². The van der Waals surface area contributed by atoms with E-state index >= 15 is 0 Å². The summed E-state index contributed by atoms with van der Waals surface area (Å²) in [5.41, 5.74) is 2.11. The molecule has 0 atom stereocenters. The van der Waals surface area contributed by atoms with Crippen molar-refractivity contribution in [1.29, 1.82) is 0 Å². The number of piperidine rings is 1. The second kappa shape index (κ2) is 10.0. The second-order valence-corrected chi connectivity index (χ2v) is 7.17. The summed E-state index contributed by atoms with van der Waals surface area (Å²) in [5, 5.41) is 10.2. The lowest BCUT2D eigenvalue weighted by molar-refractivity contribution is -0.126. The molecule has 2 aromatic rings. The molecule has 150 valence electrons. The lowest BCUT2D eigenvalue weighted by atomic mass is 9.96. The average molecular weight is 383 g/mol. The van der Waals surface area contributed by atoms with Crippen molar-refractivity contribution in [2.24, 2.45) is 5.92 Å². The molecule has 1 aliphatic rings. The minimum absolute atomic E-state index is 0.0342. The van der Waals surface area contributed by atoms with Gasteiger partial charge >= 0.3 is 0 Å². The number of nitrogens with zero attached hydrogens (tertiary/aromatic N) is 3. The van der Waals surface area contributed by atoms with Crippen molar-refractivity contribution in [3.05, 3.63) is 48.3 Å². The number of benzene rings is 1. The standard InChI is InChI=1S/C21H29N5O2/c1-2-22-21(28)18-9-12-25(13-10-18)16-20(27)23-11-8-17-14-24-26(15-17)19-6-4-3-5-7-19/h3-7,14-15,18H,2,8-13,16H2,1H3,(H,22,28)(H,23,27). The highest BCUT2D eigenvalue weighted by Crippen LogP contribution is 2.17. The number of hydrogen-bond acceptors (Lipinski definition) is 4. The summed E-state index contributed by atoms with van der Waals surface area (Å²) in [6.07, 6.45) is 6.21. The first kappa shape index (κ1) is 20.1. The molecule has 0 unspecified atom stereocenters. The second-order valence-electron chi connectivity index (χ2n) is 7.17. The van der Waals surface area contributed by atoms with E-state index in [1.807, 2.05) is 54.3 Å². The largest absolute Gasteiger partial charge is 0.356 e. The van der Waals surface area contributed by atoms with Crippen molar-refractivity contribution in [3.63, 3.8) is 0 Å². The SMILES string of the molecule is CCNC(=O)C1CCN(CC(=O)NCCc2cnn(-c3ccccc3)c2)CC1. The van der Waals surface area contributed by atoms with Crippen LogP contribution in [0.25, 0.3) is 5.69 Å². The third kappa shape index (κ3) is 5.66. The van der Waals surface area contributed by atoms with Crippen LogP contribution in [-0.2, 0) is 16.0 Å². The van der Waals surface area contributed by atoms with E-state index in [9.17, 15) is 9.59 Å². The third-order valence-corrected chi connectivity index (χ3v) is 5.07. The Hall–Kier alpha value is -2.67. The Morgan fingerprint density at radius 3 is 2.61 bits per heavy atom. The van der Waals surface area contributed by atoms with Gasteiger partial charge in [-0.1, -0.05) is 18.2 Å². The fraction of sp³-hybridized carbons (Fsp3) is 0.476. The fourth-order valence-electron chi connectivity index (χ4n) is 3.49. The summed E-state index contributed by atoms with van der Waals surface area (Å²) in [7, 11) is 0. The van der Waals surface area contributed by atoms with Crippen molar-refractivity contribution in [1.82, 2.24) is 25.3 Å². The van der Waals surface area contributed by atoms with E-state index in [2.05, 4.69) is 20.6 Å². The van der Waals surface area contributed by atoms with Gasteiger partial charge in [-0.3, -0.25) is 14.5 Å². The molecule has 2 N–H and O–H groups in total. The molecule has 0 saturated carbocycles. The van der Waals surface area contributed by atoms with Crippen LogP contribution >= 0.6 is 0 Å². The van der Waals surface area contributed by atoms with Gasteiger partial charge in [0.25, 0.3) is 0 Å². The number of nitrogens with one attached hydrogen (secondary N) is 2. The van der Waals surface area contributed by atoms with Gasteiger partial charge in [0.1, 0.15) is 0 Å². The van der Waals surface area contributed by atoms with Gasteiger partial charge in [-0.15, -0.1) is 0 Å². The summed E-state index contributed by atoms with van der Waals surface area (Å²) in [5.74, 6) is 0.259. The van der Waals surface area contributed by atoms with Crippen LogP contribution in [0.5, 0.6) is 0 Å². The molecule has 0 bridgehead atoms. The number of carbonyl (C=O) groups is 2. The Bertz CT molecular complexity index is 766. The molecule has 0 radical (unpaired) electrons. The number of amides is 2. The molecule has 1 fully saturated rings. The molecular weight excluding hydrogens is 354 g/mol. The van der Waals surface area contributed by atoms with Gasteiger partial charge in [0.15, 0.2) is 0 Å². The Kier molecular flexibility index (Phi) is 7.19. The maximum Gasteiger partial charge on any atom is 0.234 e. The number of carbonyl (C=O) groups excluding carboxylic acids is 2. The maximum atomic E-state index is 12.2. The first-order valence-electron chi connectivity index (χ1n) is 10.0. The first-order valence-corrected chi connectivity index (χ1v) is 10.0. The maximum absolute atomic E-state index is 12.2. The number of hydrogen-bond donors (Lipinski definition) is 2. The van der Waals surface area contributed by atoms with Crippen LogP contribution in [-0.4, -0.2) is 59.2 Å². The van der Waals surface area contributed by atoms with E-state index in [0.717, 1.165) is 43.6 Å². The van der Waals surface area contributed by atoms with E-state index in [4.69, 9.17) is 0 Å². The summed E-state index contributed by atoms with van der Waals surface area (Å²) in [6.45, 7) is 5.17. The molecule has 1 aliphatic heterocycles. The monoisotopic (exact) mass is 383 g/mol. The number of rotatable bonds is 8. The summed E-state index contributed by atoms with van der Waals surface area (Å²) in [6, 6.07) is 9.96. The molecule has 2 heterocycles. The van der Waals surface area contributed by atoms with Gasteiger partial charge < -0.3 is 10.6 Å². The molecule has 3 rings (SSSR count). The average Bonchev–Trinajstić information content (AvgIpc) is 3.18. The molecule has 7 heteroatoms. The van der Waals surface area contributed by atoms with E-state index in [-0.39, 0.29) is 17.7 Å². The highest BCUT2D eigenvalue weighted by Gasteiger charge is 2.25. The summed E-state index contributed by atoms with van der Waals surface area (Å²) < 4.78 is 1.84. The van der Waals surface area contributed by atoms with Crippen molar-refractivity contribution >= 4 is 11.8 Å². The Morgan fingerprint density at radius 1 is 1.14 bits per heavy atom. The lowest BCUT2D eigenvalue weighted by Crippen LogP contribution is -2.44. The van der Waals surface area contributed by atoms with Gasteiger partial charge in [0.05, 0.1) is 18.4 Å². The van der Waals surface area contributed by atoms with Crippen LogP contribution < -0.4 is 10.6 Å². The third-order valence-electron chi connectivity index (χ3n) is 5.07. The van der Waals surface area contributed by atoms with Crippen molar-refractivity contribution in [2.75, 3.05) is 32.7 Å². The summed E-state index contributed by atoms with van der Waals surface area (Å²) >= 11 is 0. The van der Waals surface area contributed by atoms with Gasteiger partial charge in [0, 0.05) is 25.2 Å². The predicted molar refractivity (Wildman–Crippen MR) is 108 cm³/mol. The van der Waals surface area contributed by atoms with Crippen molar-refractivity contribution in [3.8, 4) is 5.69 Å². The highest BCUT2D eigenvalue weighted by molar-refractivity contribution is 5.79. The zero-order chi connectivity index (χ0) is 19.8. The van der Waals surface area contributed by atoms with Gasteiger partial charge in [0.2, 0.25) is 11.8 Å². The van der Waals surface area contributed by atoms with E-state index in [1.54, 1.807) is 0 Å². The number of para-hydroxylation sites is 1. The Balaban J connectivity index is 1.35. The molecule has 1 saturated heterocycles. The van der Waals surface area contributed by atoms with Gasteiger partial charge in [-0.25, -0.2) is 4.68 Å². The number of aromatic nitrogens is 2. The molecule has 2 amide bonds. The van der Waals surface area contributed by atoms with Crippen molar-refractivity contribution in [2.45, 2.75) is 26.2 Å². The molecule has 0 spiro atoms. The quantitative estimate of drug-likeness (QED) is 0.722. The van der Waals surface area contributed by atoms with E-state index in [1.165, 1.54) is 0 Å². The summed E-state index contributed by atoms with van der Waals surface area (Å²) in [4.78, 5) is 26.2. The molecule has 1 aromatic heterocycles. The van der Waals surface area contributed by atoms with Gasteiger partial charge in [-0.05, 0) is 57.0 Å². The minimum Gasteiger partial charge on any atom is -0.356 e. The molecule has 1 aromatic carbocycles. The topological polar surface area (TPSA) is 79.3 Å². The van der Waals surface area contributed by atoms with E-state index in [0.29, 0.717) is 19.6 Å². The lowest BCUT2D eigenvalue weighted by Gasteiger charge is -2.30. The predicted octanol–water partition coefficient (Wildman–Crippen LogP) is 1.38. The van der Waals surface area contributed by atoms with Gasteiger partial charge in [-0.2, -0.15) is 5.10 Å². The Labute approximate surface area is 166 Å².